The van der Waals surface area contributed by atoms with Gasteiger partial charge in [-0.3, -0.25) is 0 Å². The Kier molecular flexibility index (Phi) is 3.37. The zero-order chi connectivity index (χ0) is 9.84. The van der Waals surface area contributed by atoms with E-state index in [-0.39, 0.29) is 6.42 Å². The van der Waals surface area contributed by atoms with Gasteiger partial charge in [0.2, 0.25) is 6.43 Å². The zero-order valence-corrected chi connectivity index (χ0v) is 7.50. The number of nitrogens with two attached hydrogens (primary N) is 1. The molecule has 0 saturated carbocycles. The smallest absolute Gasteiger partial charge is 0.240 e. The molecule has 0 aliphatic rings. The predicted molar refractivity (Wildman–Crippen MR) is 48.7 cm³/mol. The molecule has 72 valence electrons. The van der Waals surface area contributed by atoms with Gasteiger partial charge in [0.15, 0.2) is 0 Å². The average molecular weight is 185 g/mol. The molecule has 0 spiro atoms. The van der Waals surface area contributed by atoms with Crippen molar-refractivity contribution in [1.29, 1.82) is 0 Å². The van der Waals surface area contributed by atoms with Crippen LogP contribution in [0.25, 0.3) is 0 Å². The van der Waals surface area contributed by atoms with Gasteiger partial charge in [0.1, 0.15) is 0 Å². The molecule has 0 heterocycles. The topological polar surface area (TPSA) is 26.0 Å². The third-order valence-corrected chi connectivity index (χ3v) is 1.94. The molecule has 0 aliphatic carbocycles. The highest BCUT2D eigenvalue weighted by Crippen LogP contribution is 2.18. The van der Waals surface area contributed by atoms with E-state index in [2.05, 4.69) is 0 Å². The maximum atomic E-state index is 12.0. The van der Waals surface area contributed by atoms with Gasteiger partial charge in [0, 0.05) is 12.5 Å². The van der Waals surface area contributed by atoms with Crippen molar-refractivity contribution < 1.29 is 8.78 Å². The minimum absolute atomic E-state index is 0.275. The third-order valence-electron chi connectivity index (χ3n) is 1.94. The van der Waals surface area contributed by atoms with E-state index in [1.54, 1.807) is 12.1 Å². The number of rotatable bonds is 3. The van der Waals surface area contributed by atoms with E-state index in [1.165, 1.54) is 0 Å². The van der Waals surface area contributed by atoms with Crippen LogP contribution in [0.1, 0.15) is 23.6 Å². The zero-order valence-electron chi connectivity index (χ0n) is 7.50. The molecule has 1 rings (SSSR count). The molecule has 0 fully saturated rings. The molecular formula is C10H13F2N. The molecule has 0 aliphatic heterocycles. The number of benzene rings is 1. The van der Waals surface area contributed by atoms with Crippen LogP contribution in [0, 0.1) is 6.92 Å². The molecule has 0 amide bonds. The summed E-state index contributed by atoms with van der Waals surface area (Å²) in [6.45, 7) is 1.95. The van der Waals surface area contributed by atoms with Gasteiger partial charge in [-0.25, -0.2) is 8.78 Å². The Labute approximate surface area is 76.6 Å². The lowest BCUT2D eigenvalue weighted by atomic mass is 10.0. The van der Waals surface area contributed by atoms with E-state index in [4.69, 9.17) is 5.73 Å². The van der Waals surface area contributed by atoms with E-state index in [9.17, 15) is 8.78 Å². The van der Waals surface area contributed by atoms with E-state index in [0.29, 0.717) is 0 Å². The Morgan fingerprint density at radius 3 is 2.23 bits per heavy atom. The number of alkyl halides is 2. The molecular weight excluding hydrogens is 172 g/mol. The van der Waals surface area contributed by atoms with Crippen molar-refractivity contribution in [2.75, 3.05) is 0 Å². The van der Waals surface area contributed by atoms with Gasteiger partial charge in [-0.2, -0.15) is 0 Å². The van der Waals surface area contributed by atoms with Crippen molar-refractivity contribution in [2.45, 2.75) is 25.8 Å². The fourth-order valence-electron chi connectivity index (χ4n) is 1.14. The minimum Gasteiger partial charge on any atom is -0.324 e. The fraction of sp³-hybridized carbons (Fsp3) is 0.400. The fourth-order valence-corrected chi connectivity index (χ4v) is 1.14. The SMILES string of the molecule is Cc1ccc([C@H](N)CC(F)F)cc1. The molecule has 1 nitrogen and oxygen atoms in total. The number of hydrogen-bond donors (Lipinski definition) is 1. The first-order chi connectivity index (χ1) is 6.09. The normalized spacial score (nSPS) is 13.3. The van der Waals surface area contributed by atoms with E-state index in [1.807, 2.05) is 19.1 Å². The maximum Gasteiger partial charge on any atom is 0.240 e. The molecule has 1 aromatic carbocycles. The second-order valence-electron chi connectivity index (χ2n) is 3.14. The van der Waals surface area contributed by atoms with Crippen LogP contribution >= 0.6 is 0 Å². The minimum atomic E-state index is -2.34. The molecule has 0 saturated heterocycles. The highest BCUT2D eigenvalue weighted by atomic mass is 19.3. The Morgan fingerprint density at radius 2 is 1.77 bits per heavy atom. The summed E-state index contributed by atoms with van der Waals surface area (Å²) in [5, 5.41) is 0. The lowest BCUT2D eigenvalue weighted by Gasteiger charge is -2.11. The summed E-state index contributed by atoms with van der Waals surface area (Å²) >= 11 is 0. The van der Waals surface area contributed by atoms with Crippen molar-refractivity contribution in [1.82, 2.24) is 0 Å². The number of hydrogen-bond acceptors (Lipinski definition) is 1. The maximum absolute atomic E-state index is 12.0. The van der Waals surface area contributed by atoms with Crippen LogP contribution in [0.4, 0.5) is 8.78 Å². The number of aryl methyl sites for hydroxylation is 1. The summed E-state index contributed by atoms with van der Waals surface area (Å²) in [7, 11) is 0. The molecule has 0 bridgehead atoms. The monoisotopic (exact) mass is 185 g/mol. The second-order valence-corrected chi connectivity index (χ2v) is 3.14. The van der Waals surface area contributed by atoms with Crippen molar-refractivity contribution in [2.24, 2.45) is 5.73 Å². The molecule has 0 unspecified atom stereocenters. The van der Waals surface area contributed by atoms with E-state index >= 15 is 0 Å². The summed E-state index contributed by atoms with van der Waals surface area (Å²) in [5.41, 5.74) is 7.44. The third kappa shape index (κ3) is 3.11. The molecule has 1 aromatic rings. The molecule has 13 heavy (non-hydrogen) atoms. The highest BCUT2D eigenvalue weighted by molar-refractivity contribution is 5.23. The van der Waals surface area contributed by atoms with Gasteiger partial charge in [-0.05, 0) is 12.5 Å². The van der Waals surface area contributed by atoms with Gasteiger partial charge in [-0.1, -0.05) is 29.8 Å². The lowest BCUT2D eigenvalue weighted by Crippen LogP contribution is -2.13. The summed E-state index contributed by atoms with van der Waals surface area (Å²) in [4.78, 5) is 0. The van der Waals surface area contributed by atoms with Crippen molar-refractivity contribution in [3.8, 4) is 0 Å². The van der Waals surface area contributed by atoms with Gasteiger partial charge < -0.3 is 5.73 Å². The quantitative estimate of drug-likeness (QED) is 0.769. The predicted octanol–water partition coefficient (Wildman–Crippen LogP) is 2.65. The van der Waals surface area contributed by atoms with Gasteiger partial charge in [0.25, 0.3) is 0 Å². The largest absolute Gasteiger partial charge is 0.324 e. The average Bonchev–Trinajstić information content (AvgIpc) is 2.04. The van der Waals surface area contributed by atoms with Crippen LogP contribution in [0.3, 0.4) is 0 Å². The second kappa shape index (κ2) is 4.33. The molecule has 1 atom stereocenters. The Morgan fingerprint density at radius 1 is 1.23 bits per heavy atom. The van der Waals surface area contributed by atoms with E-state index in [0.717, 1.165) is 11.1 Å². The Bertz CT molecular complexity index is 256. The van der Waals surface area contributed by atoms with E-state index < -0.39 is 12.5 Å². The van der Waals surface area contributed by atoms with Crippen LogP contribution in [0.15, 0.2) is 24.3 Å². The Balaban J connectivity index is 2.66. The highest BCUT2D eigenvalue weighted by Gasteiger charge is 2.11. The van der Waals surface area contributed by atoms with Crippen LogP contribution in [-0.4, -0.2) is 6.43 Å². The van der Waals surface area contributed by atoms with Gasteiger partial charge >= 0.3 is 0 Å². The van der Waals surface area contributed by atoms with Crippen molar-refractivity contribution >= 4 is 0 Å². The van der Waals surface area contributed by atoms with Crippen LogP contribution < -0.4 is 5.73 Å². The summed E-state index contributed by atoms with van der Waals surface area (Å²) in [6.07, 6.45) is -2.61. The van der Waals surface area contributed by atoms with Gasteiger partial charge in [-0.15, -0.1) is 0 Å². The van der Waals surface area contributed by atoms with Crippen LogP contribution in [0.2, 0.25) is 0 Å². The van der Waals surface area contributed by atoms with Gasteiger partial charge in [0.05, 0.1) is 0 Å². The first-order valence-corrected chi connectivity index (χ1v) is 4.20. The standard InChI is InChI=1S/C10H13F2N/c1-7-2-4-8(5-3-7)9(13)6-10(11)12/h2-5,9-10H,6,13H2,1H3/t9-/m1/s1. The van der Waals surface area contributed by atoms with Crippen molar-refractivity contribution in [3.05, 3.63) is 35.4 Å². The van der Waals surface area contributed by atoms with Crippen LogP contribution in [-0.2, 0) is 0 Å². The first-order valence-electron chi connectivity index (χ1n) is 4.20. The molecule has 0 radical (unpaired) electrons. The number of halogens is 2. The lowest BCUT2D eigenvalue weighted by molar-refractivity contribution is 0.128. The molecule has 2 N–H and O–H groups in total. The molecule has 0 aromatic heterocycles. The summed E-state index contributed by atoms with van der Waals surface area (Å²) in [6, 6.07) is 6.78. The summed E-state index contributed by atoms with van der Waals surface area (Å²) in [5.74, 6) is 0. The Hall–Kier alpha value is -0.960. The van der Waals surface area contributed by atoms with Crippen molar-refractivity contribution in [3.63, 3.8) is 0 Å². The molecule has 3 heteroatoms. The first kappa shape index (κ1) is 10.1. The summed E-state index contributed by atoms with van der Waals surface area (Å²) < 4.78 is 23.9. The van der Waals surface area contributed by atoms with Crippen LogP contribution in [0.5, 0.6) is 0 Å².